The number of sulfonamides is 1. The van der Waals surface area contributed by atoms with Crippen molar-refractivity contribution >= 4 is 27.3 Å². The zero-order valence-corrected chi connectivity index (χ0v) is 15.8. The smallest absolute Gasteiger partial charge is 0.254 e. The number of carbonyl (C=O) groups is 1. The Hall–Kier alpha value is -1.81. The Morgan fingerprint density at radius 3 is 2.69 bits per heavy atom. The summed E-state index contributed by atoms with van der Waals surface area (Å²) < 4.78 is 46.0. The molecular formula is C17H19FN2O4S2. The van der Waals surface area contributed by atoms with E-state index < -0.39 is 21.7 Å². The van der Waals surface area contributed by atoms with Crippen molar-refractivity contribution in [2.75, 3.05) is 26.3 Å². The van der Waals surface area contributed by atoms with Gasteiger partial charge in [-0.2, -0.15) is 4.31 Å². The van der Waals surface area contributed by atoms with Gasteiger partial charge in [0.05, 0.1) is 29.7 Å². The van der Waals surface area contributed by atoms with Gasteiger partial charge in [0, 0.05) is 18.0 Å². The molecule has 0 bridgehead atoms. The van der Waals surface area contributed by atoms with E-state index in [0.717, 1.165) is 17.0 Å². The summed E-state index contributed by atoms with van der Waals surface area (Å²) in [4.78, 5) is 13.3. The molecule has 0 unspecified atom stereocenters. The SMILES string of the molecule is C[C@@H](NC(=O)c1cc(S(=O)(=O)N2CCOCC2)ccc1F)c1cccs1. The molecule has 3 rings (SSSR count). The van der Waals surface area contributed by atoms with Gasteiger partial charge in [-0.15, -0.1) is 11.3 Å². The number of nitrogens with one attached hydrogen (secondary N) is 1. The number of ether oxygens (including phenoxy) is 1. The lowest BCUT2D eigenvalue weighted by Gasteiger charge is -2.26. The Balaban J connectivity index is 1.84. The van der Waals surface area contributed by atoms with Crippen LogP contribution in [0, 0.1) is 5.82 Å². The molecule has 1 amide bonds. The summed E-state index contributed by atoms with van der Waals surface area (Å²) in [7, 11) is -3.80. The molecule has 1 atom stereocenters. The fourth-order valence-corrected chi connectivity index (χ4v) is 4.83. The average Bonchev–Trinajstić information content (AvgIpc) is 3.17. The molecule has 1 aromatic carbocycles. The maximum absolute atomic E-state index is 14.2. The second-order valence-corrected chi connectivity index (χ2v) is 8.79. The number of thiophene rings is 1. The maximum atomic E-state index is 14.2. The number of benzene rings is 1. The molecule has 1 aromatic heterocycles. The summed E-state index contributed by atoms with van der Waals surface area (Å²) in [5.41, 5.74) is -0.289. The van der Waals surface area contributed by atoms with Crippen LogP contribution in [0.1, 0.15) is 28.2 Å². The molecule has 1 fully saturated rings. The Labute approximate surface area is 155 Å². The van der Waals surface area contributed by atoms with Crippen molar-refractivity contribution in [1.29, 1.82) is 0 Å². The predicted octanol–water partition coefficient (Wildman–Crippen LogP) is 2.40. The molecular weight excluding hydrogens is 379 g/mol. The Morgan fingerprint density at radius 1 is 1.31 bits per heavy atom. The highest BCUT2D eigenvalue weighted by atomic mass is 32.2. The first kappa shape index (κ1) is 19.0. The summed E-state index contributed by atoms with van der Waals surface area (Å²) >= 11 is 1.48. The van der Waals surface area contributed by atoms with Crippen LogP contribution in [0.15, 0.2) is 40.6 Å². The molecule has 1 N–H and O–H groups in total. The second-order valence-electron chi connectivity index (χ2n) is 5.87. The van der Waals surface area contributed by atoms with Crippen molar-refractivity contribution in [2.24, 2.45) is 0 Å². The molecule has 0 spiro atoms. The summed E-state index contributed by atoms with van der Waals surface area (Å²) in [5.74, 6) is -1.41. The fourth-order valence-electron chi connectivity index (χ4n) is 2.66. The van der Waals surface area contributed by atoms with Crippen molar-refractivity contribution in [2.45, 2.75) is 17.9 Å². The monoisotopic (exact) mass is 398 g/mol. The van der Waals surface area contributed by atoms with Crippen molar-refractivity contribution in [3.8, 4) is 0 Å². The van der Waals surface area contributed by atoms with Crippen LogP contribution in [0.2, 0.25) is 0 Å². The van der Waals surface area contributed by atoms with Gasteiger partial charge >= 0.3 is 0 Å². The summed E-state index contributed by atoms with van der Waals surface area (Å²) in [6.45, 7) is 2.88. The van der Waals surface area contributed by atoms with Crippen molar-refractivity contribution in [1.82, 2.24) is 9.62 Å². The summed E-state index contributed by atoms with van der Waals surface area (Å²) in [5, 5.41) is 4.58. The molecule has 1 aliphatic rings. The first-order valence-corrected chi connectivity index (χ1v) is 10.4. The summed E-state index contributed by atoms with van der Waals surface area (Å²) in [6.07, 6.45) is 0. The van der Waals surface area contributed by atoms with Gasteiger partial charge in [0.25, 0.3) is 5.91 Å². The largest absolute Gasteiger partial charge is 0.379 e. The molecule has 0 saturated carbocycles. The highest BCUT2D eigenvalue weighted by Crippen LogP contribution is 2.22. The minimum Gasteiger partial charge on any atom is -0.379 e. The van der Waals surface area contributed by atoms with Crippen LogP contribution in [-0.4, -0.2) is 44.9 Å². The Bertz CT molecular complexity index is 878. The normalized spacial score (nSPS) is 17.0. The van der Waals surface area contributed by atoms with E-state index in [0.29, 0.717) is 13.2 Å². The van der Waals surface area contributed by atoms with E-state index >= 15 is 0 Å². The van der Waals surface area contributed by atoms with E-state index in [2.05, 4.69) is 5.32 Å². The van der Waals surface area contributed by atoms with Gasteiger partial charge in [0.15, 0.2) is 0 Å². The third kappa shape index (κ3) is 3.96. The molecule has 2 aromatic rings. The van der Waals surface area contributed by atoms with Gasteiger partial charge in [0.2, 0.25) is 10.0 Å². The number of amides is 1. The topological polar surface area (TPSA) is 75.7 Å². The summed E-state index contributed by atoms with van der Waals surface area (Å²) in [6, 6.07) is 6.71. The number of carbonyl (C=O) groups excluding carboxylic acids is 1. The first-order chi connectivity index (χ1) is 12.4. The quantitative estimate of drug-likeness (QED) is 0.839. The van der Waals surface area contributed by atoms with Crippen LogP contribution in [0.4, 0.5) is 4.39 Å². The molecule has 0 radical (unpaired) electrons. The van der Waals surface area contributed by atoms with Gasteiger partial charge < -0.3 is 10.1 Å². The molecule has 26 heavy (non-hydrogen) atoms. The third-order valence-corrected chi connectivity index (χ3v) is 7.06. The van der Waals surface area contributed by atoms with Gasteiger partial charge in [-0.05, 0) is 36.6 Å². The first-order valence-electron chi connectivity index (χ1n) is 8.11. The maximum Gasteiger partial charge on any atom is 0.254 e. The van der Waals surface area contributed by atoms with E-state index in [1.165, 1.54) is 21.7 Å². The number of nitrogens with zero attached hydrogens (tertiary/aromatic N) is 1. The van der Waals surface area contributed by atoms with E-state index in [4.69, 9.17) is 4.74 Å². The molecule has 2 heterocycles. The molecule has 1 saturated heterocycles. The van der Waals surface area contributed by atoms with Crippen molar-refractivity contribution in [3.05, 3.63) is 52.0 Å². The lowest BCUT2D eigenvalue weighted by atomic mass is 10.2. The van der Waals surface area contributed by atoms with Gasteiger partial charge in [0.1, 0.15) is 5.82 Å². The number of hydrogen-bond donors (Lipinski definition) is 1. The number of morpholine rings is 1. The van der Waals surface area contributed by atoms with Crippen LogP contribution in [-0.2, 0) is 14.8 Å². The average molecular weight is 398 g/mol. The van der Waals surface area contributed by atoms with Gasteiger partial charge in [-0.3, -0.25) is 4.79 Å². The van der Waals surface area contributed by atoms with Crippen LogP contribution in [0.25, 0.3) is 0 Å². The lowest BCUT2D eigenvalue weighted by Crippen LogP contribution is -2.40. The van der Waals surface area contributed by atoms with Crippen LogP contribution in [0.3, 0.4) is 0 Å². The van der Waals surface area contributed by atoms with Crippen LogP contribution < -0.4 is 5.32 Å². The molecule has 6 nitrogen and oxygen atoms in total. The van der Waals surface area contributed by atoms with Crippen LogP contribution >= 0.6 is 11.3 Å². The lowest BCUT2D eigenvalue weighted by molar-refractivity contribution is 0.0730. The number of halogens is 1. The Kier molecular flexibility index (Phi) is 5.71. The minimum absolute atomic E-state index is 0.102. The zero-order chi connectivity index (χ0) is 18.7. The molecule has 9 heteroatoms. The minimum atomic E-state index is -3.80. The van der Waals surface area contributed by atoms with E-state index in [-0.39, 0.29) is 29.6 Å². The molecule has 140 valence electrons. The highest BCUT2D eigenvalue weighted by Gasteiger charge is 2.28. The van der Waals surface area contributed by atoms with Gasteiger partial charge in [-0.1, -0.05) is 6.07 Å². The second kappa shape index (κ2) is 7.83. The Morgan fingerprint density at radius 2 is 2.04 bits per heavy atom. The highest BCUT2D eigenvalue weighted by molar-refractivity contribution is 7.89. The molecule has 0 aliphatic carbocycles. The third-order valence-electron chi connectivity index (χ3n) is 4.11. The van der Waals surface area contributed by atoms with Crippen molar-refractivity contribution in [3.63, 3.8) is 0 Å². The number of rotatable bonds is 5. The fraction of sp³-hybridized carbons (Fsp3) is 0.353. The van der Waals surface area contributed by atoms with E-state index in [9.17, 15) is 17.6 Å². The van der Waals surface area contributed by atoms with Crippen molar-refractivity contribution < 1.29 is 22.3 Å². The predicted molar refractivity (Wildman–Crippen MR) is 96.2 cm³/mol. The van der Waals surface area contributed by atoms with E-state index in [1.807, 2.05) is 17.5 Å². The van der Waals surface area contributed by atoms with Gasteiger partial charge in [-0.25, -0.2) is 12.8 Å². The van der Waals surface area contributed by atoms with E-state index in [1.54, 1.807) is 6.92 Å². The zero-order valence-electron chi connectivity index (χ0n) is 14.1. The number of hydrogen-bond acceptors (Lipinski definition) is 5. The molecule has 1 aliphatic heterocycles. The standard InChI is InChI=1S/C17H19FN2O4S2/c1-12(16-3-2-10-25-16)19-17(21)14-11-13(4-5-15(14)18)26(22,23)20-6-8-24-9-7-20/h2-5,10-12H,6-9H2,1H3,(H,19,21)/t12-/m1/s1. The van der Waals surface area contributed by atoms with Crippen LogP contribution in [0.5, 0.6) is 0 Å².